The summed E-state index contributed by atoms with van der Waals surface area (Å²) in [5.41, 5.74) is 0.437. The number of rotatable bonds is 4. The van der Waals surface area contributed by atoms with Crippen LogP contribution in [-0.4, -0.2) is 26.2 Å². The van der Waals surface area contributed by atoms with E-state index < -0.39 is 10.0 Å². The van der Waals surface area contributed by atoms with Crippen LogP contribution in [0.2, 0.25) is 0 Å². The van der Waals surface area contributed by atoms with Gasteiger partial charge in [-0.25, -0.2) is 13.1 Å². The van der Waals surface area contributed by atoms with Gasteiger partial charge in [-0.1, -0.05) is 0 Å². The molecule has 0 heterocycles. The summed E-state index contributed by atoms with van der Waals surface area (Å²) < 4.78 is 27.1. The van der Waals surface area contributed by atoms with Crippen molar-refractivity contribution in [3.05, 3.63) is 29.8 Å². The first-order chi connectivity index (χ1) is 9.55. The highest BCUT2D eigenvalue weighted by molar-refractivity contribution is 7.89. The van der Waals surface area contributed by atoms with Gasteiger partial charge in [0.1, 0.15) is 0 Å². The fourth-order valence-corrected chi connectivity index (χ4v) is 3.76. The van der Waals surface area contributed by atoms with Gasteiger partial charge in [0.15, 0.2) is 0 Å². The maximum Gasteiger partial charge on any atom is 0.240 e. The van der Waals surface area contributed by atoms with Crippen molar-refractivity contribution in [3.8, 4) is 6.07 Å². The Kier molecular flexibility index (Phi) is 4.76. The van der Waals surface area contributed by atoms with Crippen molar-refractivity contribution in [3.63, 3.8) is 0 Å². The van der Waals surface area contributed by atoms with Crippen LogP contribution in [0.1, 0.15) is 31.2 Å². The van der Waals surface area contributed by atoms with Gasteiger partial charge in [0.25, 0.3) is 0 Å². The fraction of sp³-hybridized carbons (Fsp3) is 0.500. The number of hydrogen-bond acceptors (Lipinski definition) is 4. The molecule has 1 aliphatic rings. The third-order valence-corrected chi connectivity index (χ3v) is 5.26. The van der Waals surface area contributed by atoms with Gasteiger partial charge in [-0.05, 0) is 55.9 Å². The summed E-state index contributed by atoms with van der Waals surface area (Å²) in [6, 6.07) is 7.77. The molecular formula is C14H18N2O3S. The Bertz CT molecular complexity index is 582. The topological polar surface area (TPSA) is 90.2 Å². The lowest BCUT2D eigenvalue weighted by atomic mass is 9.87. The van der Waals surface area contributed by atoms with E-state index in [1.165, 1.54) is 24.3 Å². The molecule has 108 valence electrons. The monoisotopic (exact) mass is 294 g/mol. The minimum atomic E-state index is -3.53. The van der Waals surface area contributed by atoms with Gasteiger partial charge in [-0.2, -0.15) is 5.26 Å². The number of benzene rings is 1. The number of aliphatic hydroxyl groups is 1. The molecule has 1 aromatic carbocycles. The lowest BCUT2D eigenvalue weighted by molar-refractivity contribution is 0.180. The van der Waals surface area contributed by atoms with E-state index in [-0.39, 0.29) is 17.5 Å². The molecular weight excluding hydrogens is 276 g/mol. The Morgan fingerprint density at radius 1 is 1.20 bits per heavy atom. The van der Waals surface area contributed by atoms with Crippen LogP contribution < -0.4 is 4.72 Å². The molecule has 2 N–H and O–H groups in total. The number of sulfonamides is 1. The van der Waals surface area contributed by atoms with Crippen molar-refractivity contribution in [1.82, 2.24) is 4.72 Å². The average Bonchev–Trinajstić information content (AvgIpc) is 2.48. The fourth-order valence-electron chi connectivity index (χ4n) is 2.46. The van der Waals surface area contributed by atoms with E-state index >= 15 is 0 Å². The van der Waals surface area contributed by atoms with Crippen LogP contribution >= 0.6 is 0 Å². The Morgan fingerprint density at radius 3 is 2.30 bits per heavy atom. The Labute approximate surface area is 119 Å². The highest BCUT2D eigenvalue weighted by Crippen LogP contribution is 2.25. The van der Waals surface area contributed by atoms with Crippen LogP contribution in [0, 0.1) is 17.2 Å². The van der Waals surface area contributed by atoms with Crippen molar-refractivity contribution >= 4 is 10.0 Å². The zero-order valence-corrected chi connectivity index (χ0v) is 11.9. The molecule has 2 rings (SSSR count). The van der Waals surface area contributed by atoms with E-state index in [0.29, 0.717) is 11.5 Å². The largest absolute Gasteiger partial charge is 0.396 e. The molecule has 1 fully saturated rings. The Hall–Kier alpha value is -1.42. The standard InChI is InChI=1S/C14H18N2O3S/c15-9-11-3-7-14(8-4-11)20(18,19)16-13-5-1-12(10-17)2-6-13/h3-4,7-8,12-13,16-17H,1-2,5-6,10H2. The number of hydrogen-bond donors (Lipinski definition) is 2. The Morgan fingerprint density at radius 2 is 1.80 bits per heavy atom. The number of nitriles is 1. The molecule has 0 spiro atoms. The van der Waals surface area contributed by atoms with Crippen LogP contribution in [0.15, 0.2) is 29.2 Å². The lowest BCUT2D eigenvalue weighted by Crippen LogP contribution is -2.38. The summed E-state index contributed by atoms with van der Waals surface area (Å²) >= 11 is 0. The van der Waals surface area contributed by atoms with Crippen molar-refractivity contribution < 1.29 is 13.5 Å². The first kappa shape index (κ1) is 15.0. The molecule has 1 saturated carbocycles. The molecule has 0 atom stereocenters. The average molecular weight is 294 g/mol. The smallest absolute Gasteiger partial charge is 0.240 e. The molecule has 0 radical (unpaired) electrons. The second-order valence-corrected chi connectivity index (χ2v) is 6.87. The molecule has 1 aromatic rings. The second-order valence-electron chi connectivity index (χ2n) is 5.16. The van der Waals surface area contributed by atoms with Gasteiger partial charge in [-0.15, -0.1) is 0 Å². The molecule has 0 unspecified atom stereocenters. The summed E-state index contributed by atoms with van der Waals surface area (Å²) in [5, 5.41) is 17.8. The summed E-state index contributed by atoms with van der Waals surface area (Å²) in [6.07, 6.45) is 3.19. The van der Waals surface area contributed by atoms with Gasteiger partial charge >= 0.3 is 0 Å². The van der Waals surface area contributed by atoms with E-state index in [9.17, 15) is 8.42 Å². The predicted octanol–water partition coefficient (Wildman–Crippen LogP) is 1.39. The minimum Gasteiger partial charge on any atom is -0.396 e. The van der Waals surface area contributed by atoms with Crippen molar-refractivity contribution in [1.29, 1.82) is 5.26 Å². The van der Waals surface area contributed by atoms with Crippen molar-refractivity contribution in [2.45, 2.75) is 36.6 Å². The van der Waals surface area contributed by atoms with Crippen LogP contribution in [0.4, 0.5) is 0 Å². The van der Waals surface area contributed by atoms with Crippen LogP contribution in [-0.2, 0) is 10.0 Å². The van der Waals surface area contributed by atoms with E-state index in [1.54, 1.807) is 0 Å². The number of aliphatic hydroxyl groups excluding tert-OH is 1. The molecule has 0 aliphatic heterocycles. The molecule has 0 amide bonds. The molecule has 1 aliphatic carbocycles. The molecule has 0 aromatic heterocycles. The minimum absolute atomic E-state index is 0.0709. The first-order valence-electron chi connectivity index (χ1n) is 6.68. The number of nitrogens with one attached hydrogen (secondary N) is 1. The van der Waals surface area contributed by atoms with Crippen molar-refractivity contribution in [2.24, 2.45) is 5.92 Å². The number of nitrogens with zero attached hydrogens (tertiary/aromatic N) is 1. The molecule has 20 heavy (non-hydrogen) atoms. The van der Waals surface area contributed by atoms with Gasteiger partial charge in [0.2, 0.25) is 10.0 Å². The summed E-state index contributed by atoms with van der Waals surface area (Å²) in [4.78, 5) is 0.181. The van der Waals surface area contributed by atoms with E-state index in [4.69, 9.17) is 10.4 Å². The first-order valence-corrected chi connectivity index (χ1v) is 8.17. The van der Waals surface area contributed by atoms with E-state index in [1.807, 2.05) is 6.07 Å². The van der Waals surface area contributed by atoms with E-state index in [2.05, 4.69) is 4.72 Å². The third-order valence-electron chi connectivity index (χ3n) is 3.72. The summed E-state index contributed by atoms with van der Waals surface area (Å²) in [5.74, 6) is 0.297. The van der Waals surface area contributed by atoms with Gasteiger partial charge in [0, 0.05) is 12.6 Å². The lowest BCUT2D eigenvalue weighted by Gasteiger charge is -2.27. The quantitative estimate of drug-likeness (QED) is 0.878. The maximum atomic E-state index is 12.2. The predicted molar refractivity (Wildman–Crippen MR) is 74.3 cm³/mol. The zero-order valence-electron chi connectivity index (χ0n) is 11.1. The molecule has 0 bridgehead atoms. The van der Waals surface area contributed by atoms with Crippen molar-refractivity contribution in [2.75, 3.05) is 6.61 Å². The highest BCUT2D eigenvalue weighted by Gasteiger charge is 2.25. The maximum absolute atomic E-state index is 12.2. The Balaban J connectivity index is 2.02. The third kappa shape index (κ3) is 3.57. The van der Waals surface area contributed by atoms with Crippen LogP contribution in [0.5, 0.6) is 0 Å². The highest BCUT2D eigenvalue weighted by atomic mass is 32.2. The molecule has 0 saturated heterocycles. The SMILES string of the molecule is N#Cc1ccc(S(=O)(=O)NC2CCC(CO)CC2)cc1. The van der Waals surface area contributed by atoms with Crippen LogP contribution in [0.25, 0.3) is 0 Å². The summed E-state index contributed by atoms with van der Waals surface area (Å²) in [7, 11) is -3.53. The molecule has 5 nitrogen and oxygen atoms in total. The second kappa shape index (κ2) is 6.35. The van der Waals surface area contributed by atoms with Crippen LogP contribution in [0.3, 0.4) is 0 Å². The van der Waals surface area contributed by atoms with Gasteiger partial charge < -0.3 is 5.11 Å². The van der Waals surface area contributed by atoms with E-state index in [0.717, 1.165) is 25.7 Å². The van der Waals surface area contributed by atoms with Gasteiger partial charge in [0.05, 0.1) is 16.5 Å². The normalized spacial score (nSPS) is 23.2. The summed E-state index contributed by atoms with van der Waals surface area (Å²) in [6.45, 7) is 0.176. The van der Waals surface area contributed by atoms with Gasteiger partial charge in [-0.3, -0.25) is 0 Å². The molecule has 6 heteroatoms. The zero-order chi connectivity index (χ0) is 14.6.